The molecule has 2 unspecified atom stereocenters. The van der Waals surface area contributed by atoms with Gasteiger partial charge in [-0.1, -0.05) is 6.07 Å². The number of amides is 1. The fourth-order valence-electron chi connectivity index (χ4n) is 2.50. The number of hydrogen-bond acceptors (Lipinski definition) is 4. The summed E-state index contributed by atoms with van der Waals surface area (Å²) in [5.41, 5.74) is 1.66. The Labute approximate surface area is 123 Å². The van der Waals surface area contributed by atoms with E-state index in [1.165, 1.54) is 0 Å². The molecule has 1 amide bonds. The number of hydrogen-bond donors (Lipinski definition) is 1. The molecule has 1 saturated heterocycles. The van der Waals surface area contributed by atoms with E-state index in [0.29, 0.717) is 0 Å². The number of nitrogens with zero attached hydrogens (tertiary/aromatic N) is 3. The first-order valence-corrected chi connectivity index (χ1v) is 7.07. The van der Waals surface area contributed by atoms with Gasteiger partial charge in [0.2, 0.25) is 0 Å². The molecule has 1 aromatic carbocycles. The molecule has 0 saturated carbocycles. The van der Waals surface area contributed by atoms with Gasteiger partial charge in [-0.05, 0) is 44.9 Å². The lowest BCUT2D eigenvalue weighted by atomic mass is 10.2. The lowest BCUT2D eigenvalue weighted by Gasteiger charge is -2.13. The molecule has 1 fully saturated rings. The molecule has 1 aliphatic rings. The smallest absolute Gasteiger partial charge is 0.253 e. The summed E-state index contributed by atoms with van der Waals surface area (Å²) in [5, 5.41) is 10.7. The monoisotopic (exact) mass is 286 g/mol. The highest BCUT2D eigenvalue weighted by molar-refractivity contribution is 5.94. The number of benzene rings is 1. The second kappa shape index (κ2) is 5.65. The Hall–Kier alpha value is -2.21. The highest BCUT2D eigenvalue weighted by Crippen LogP contribution is 2.21. The van der Waals surface area contributed by atoms with Gasteiger partial charge >= 0.3 is 0 Å². The maximum absolute atomic E-state index is 12.2. The molecule has 2 atom stereocenters. The van der Waals surface area contributed by atoms with Crippen molar-refractivity contribution in [3.8, 4) is 5.69 Å². The predicted molar refractivity (Wildman–Crippen MR) is 78.3 cm³/mol. The van der Waals surface area contributed by atoms with E-state index in [1.54, 1.807) is 6.33 Å². The fourth-order valence-corrected chi connectivity index (χ4v) is 2.50. The quantitative estimate of drug-likeness (QED) is 0.938. The van der Waals surface area contributed by atoms with Crippen molar-refractivity contribution in [2.24, 2.45) is 0 Å². The van der Waals surface area contributed by atoms with Crippen LogP contribution in [0.1, 0.15) is 25.6 Å². The first-order chi connectivity index (χ1) is 10.1. The van der Waals surface area contributed by atoms with Gasteiger partial charge in [-0.2, -0.15) is 0 Å². The van der Waals surface area contributed by atoms with Crippen LogP contribution >= 0.6 is 0 Å². The highest BCUT2D eigenvalue weighted by Gasteiger charge is 2.28. The molecule has 6 heteroatoms. The normalized spacial score (nSPS) is 21.4. The minimum absolute atomic E-state index is 0.0861. The molecule has 21 heavy (non-hydrogen) atoms. The van der Waals surface area contributed by atoms with E-state index in [9.17, 15) is 4.79 Å². The molecule has 0 radical (unpaired) electrons. The summed E-state index contributed by atoms with van der Waals surface area (Å²) < 4.78 is 7.44. The maximum Gasteiger partial charge on any atom is 0.253 e. The molecule has 1 aromatic heterocycles. The molecule has 1 N–H and O–H groups in total. The molecule has 0 bridgehead atoms. The van der Waals surface area contributed by atoms with E-state index in [4.69, 9.17) is 4.74 Å². The molecule has 110 valence electrons. The molecular weight excluding hydrogens is 268 g/mol. The van der Waals surface area contributed by atoms with Crippen LogP contribution in [0.15, 0.2) is 30.6 Å². The highest BCUT2D eigenvalue weighted by atomic mass is 16.5. The van der Waals surface area contributed by atoms with Gasteiger partial charge in [0.05, 0.1) is 11.8 Å². The van der Waals surface area contributed by atoms with Crippen LogP contribution < -0.4 is 5.32 Å². The Kier molecular flexibility index (Phi) is 3.70. The molecule has 6 nitrogen and oxygen atoms in total. The second-order valence-corrected chi connectivity index (χ2v) is 5.30. The zero-order chi connectivity index (χ0) is 14.8. The molecule has 1 aliphatic heterocycles. The van der Waals surface area contributed by atoms with Gasteiger partial charge in [-0.15, -0.1) is 10.2 Å². The predicted octanol–water partition coefficient (Wildman–Crippen LogP) is 2.08. The van der Waals surface area contributed by atoms with Crippen LogP contribution in [0.25, 0.3) is 5.69 Å². The lowest BCUT2D eigenvalue weighted by molar-refractivity contribution is -0.126. The first kappa shape index (κ1) is 13.8. The summed E-state index contributed by atoms with van der Waals surface area (Å²) in [6.07, 6.45) is 3.17. The van der Waals surface area contributed by atoms with Gasteiger partial charge in [-0.3, -0.25) is 9.36 Å². The third kappa shape index (κ3) is 2.95. The zero-order valence-corrected chi connectivity index (χ0v) is 12.1. The molecular formula is C15H18N4O2. The van der Waals surface area contributed by atoms with Gasteiger partial charge in [0.1, 0.15) is 18.3 Å². The summed E-state index contributed by atoms with van der Waals surface area (Å²) in [7, 11) is 0. The van der Waals surface area contributed by atoms with Crippen LogP contribution in [0.5, 0.6) is 0 Å². The van der Waals surface area contributed by atoms with E-state index in [0.717, 1.165) is 30.0 Å². The number of carbonyl (C=O) groups excluding carboxylic acids is 1. The number of anilines is 1. The topological polar surface area (TPSA) is 69.0 Å². The average molecular weight is 286 g/mol. The minimum atomic E-state index is -0.347. The van der Waals surface area contributed by atoms with Crippen molar-refractivity contribution in [1.82, 2.24) is 14.8 Å². The van der Waals surface area contributed by atoms with Crippen LogP contribution in [-0.4, -0.2) is 32.9 Å². The van der Waals surface area contributed by atoms with Gasteiger partial charge in [0.15, 0.2) is 0 Å². The van der Waals surface area contributed by atoms with Crippen LogP contribution in [0, 0.1) is 6.92 Å². The third-order valence-corrected chi connectivity index (χ3v) is 3.63. The van der Waals surface area contributed by atoms with Crippen molar-refractivity contribution in [2.45, 2.75) is 38.9 Å². The summed E-state index contributed by atoms with van der Waals surface area (Å²) in [4.78, 5) is 12.2. The van der Waals surface area contributed by atoms with Crippen LogP contribution in [-0.2, 0) is 9.53 Å². The number of aromatic nitrogens is 3. The van der Waals surface area contributed by atoms with Crippen molar-refractivity contribution >= 4 is 11.6 Å². The SMILES string of the molecule is Cc1nncn1-c1cccc(NC(=O)C2CCC(C)O2)c1. The fraction of sp³-hybridized carbons (Fsp3) is 0.400. The standard InChI is InChI=1S/C15H18N4O2/c1-10-6-7-14(21-10)15(20)17-12-4-3-5-13(8-12)19-9-16-18-11(19)2/h3-5,8-10,14H,6-7H2,1-2H3,(H,17,20). The van der Waals surface area contributed by atoms with E-state index in [2.05, 4.69) is 15.5 Å². The third-order valence-electron chi connectivity index (χ3n) is 3.63. The van der Waals surface area contributed by atoms with Crippen molar-refractivity contribution in [3.63, 3.8) is 0 Å². The number of rotatable bonds is 3. The van der Waals surface area contributed by atoms with Crippen LogP contribution in [0.2, 0.25) is 0 Å². The number of aryl methyl sites for hydroxylation is 1. The van der Waals surface area contributed by atoms with E-state index in [1.807, 2.05) is 42.7 Å². The summed E-state index contributed by atoms with van der Waals surface area (Å²) >= 11 is 0. The van der Waals surface area contributed by atoms with Crippen LogP contribution in [0.3, 0.4) is 0 Å². The second-order valence-electron chi connectivity index (χ2n) is 5.30. The largest absolute Gasteiger partial charge is 0.365 e. The molecule has 0 aliphatic carbocycles. The van der Waals surface area contributed by atoms with E-state index in [-0.39, 0.29) is 18.1 Å². The molecule has 2 heterocycles. The van der Waals surface area contributed by atoms with E-state index >= 15 is 0 Å². The molecule has 2 aromatic rings. The zero-order valence-electron chi connectivity index (χ0n) is 12.1. The van der Waals surface area contributed by atoms with Gasteiger partial charge in [0, 0.05) is 5.69 Å². The molecule has 3 rings (SSSR count). The van der Waals surface area contributed by atoms with Crippen LogP contribution in [0.4, 0.5) is 5.69 Å². The Morgan fingerprint density at radius 1 is 1.43 bits per heavy atom. The Morgan fingerprint density at radius 2 is 2.29 bits per heavy atom. The number of nitrogens with one attached hydrogen (secondary N) is 1. The van der Waals surface area contributed by atoms with Crippen molar-refractivity contribution in [1.29, 1.82) is 0 Å². The van der Waals surface area contributed by atoms with Crippen molar-refractivity contribution < 1.29 is 9.53 Å². The number of carbonyl (C=O) groups is 1. The summed E-state index contributed by atoms with van der Waals surface area (Å²) in [6.45, 7) is 3.87. The Morgan fingerprint density at radius 3 is 2.95 bits per heavy atom. The number of ether oxygens (including phenoxy) is 1. The van der Waals surface area contributed by atoms with Gasteiger partial charge in [0.25, 0.3) is 5.91 Å². The van der Waals surface area contributed by atoms with E-state index < -0.39 is 0 Å². The Balaban J connectivity index is 1.75. The maximum atomic E-state index is 12.2. The summed E-state index contributed by atoms with van der Waals surface area (Å²) in [5.74, 6) is 0.711. The first-order valence-electron chi connectivity index (χ1n) is 7.07. The summed E-state index contributed by atoms with van der Waals surface area (Å²) in [6, 6.07) is 7.59. The van der Waals surface area contributed by atoms with Crippen molar-refractivity contribution in [2.75, 3.05) is 5.32 Å². The van der Waals surface area contributed by atoms with Gasteiger partial charge in [-0.25, -0.2) is 0 Å². The van der Waals surface area contributed by atoms with Crippen molar-refractivity contribution in [3.05, 3.63) is 36.4 Å². The lowest BCUT2D eigenvalue weighted by Crippen LogP contribution is -2.27. The average Bonchev–Trinajstić information content (AvgIpc) is 3.08. The Bertz CT molecular complexity index is 653. The molecule has 0 spiro atoms. The van der Waals surface area contributed by atoms with Gasteiger partial charge < -0.3 is 10.1 Å². The minimum Gasteiger partial charge on any atom is -0.365 e.